The van der Waals surface area contributed by atoms with E-state index in [0.29, 0.717) is 25.0 Å². The number of carbonyl (C=O) groups excluding carboxylic acids is 1. The summed E-state index contributed by atoms with van der Waals surface area (Å²) in [5, 5.41) is 5.84. The van der Waals surface area contributed by atoms with Crippen LogP contribution in [0.3, 0.4) is 0 Å². The van der Waals surface area contributed by atoms with Crippen molar-refractivity contribution < 1.29 is 13.2 Å². The Morgan fingerprint density at radius 2 is 1.81 bits per heavy atom. The number of para-hydroxylation sites is 1. The molecule has 0 aliphatic carbocycles. The zero-order valence-electron chi connectivity index (χ0n) is 19.4. The van der Waals surface area contributed by atoms with Gasteiger partial charge in [-0.1, -0.05) is 25.1 Å². The lowest BCUT2D eigenvalue weighted by atomic mass is 9.96. The monoisotopic (exact) mass is 474 g/mol. The highest BCUT2D eigenvalue weighted by Crippen LogP contribution is 2.23. The molecule has 178 valence electrons. The van der Waals surface area contributed by atoms with Crippen LogP contribution in [0, 0.1) is 5.92 Å². The number of amides is 2. The summed E-state index contributed by atoms with van der Waals surface area (Å²) >= 11 is 0. The van der Waals surface area contributed by atoms with E-state index >= 15 is 0 Å². The standard InChI is InChI=1S/C22H38N4O3S.ClH/c1-6-25(16-19-11-13-26(14-12-19)30(5,28)29)18(4)15-20-9-7-8-10-21(20)24-22(27)23-17(2)3;/h7-10,17-19H,6,11-16H2,1-5H3,(H2,23,24,27);1H. The van der Waals surface area contributed by atoms with Crippen LogP contribution in [0.4, 0.5) is 10.5 Å². The minimum Gasteiger partial charge on any atom is -0.336 e. The quantitative estimate of drug-likeness (QED) is 0.573. The number of benzene rings is 1. The number of urea groups is 1. The maximum atomic E-state index is 12.1. The lowest BCUT2D eigenvalue weighted by molar-refractivity contribution is 0.152. The zero-order valence-corrected chi connectivity index (χ0v) is 21.1. The third kappa shape index (κ3) is 8.96. The van der Waals surface area contributed by atoms with Crippen molar-refractivity contribution in [2.45, 2.75) is 59.0 Å². The number of halogens is 1. The van der Waals surface area contributed by atoms with E-state index in [2.05, 4.69) is 35.4 Å². The molecule has 7 nitrogen and oxygen atoms in total. The molecule has 1 fully saturated rings. The van der Waals surface area contributed by atoms with Crippen molar-refractivity contribution in [3.63, 3.8) is 0 Å². The van der Waals surface area contributed by atoms with Crippen LogP contribution >= 0.6 is 12.4 Å². The number of rotatable bonds is 9. The molecule has 0 bridgehead atoms. The van der Waals surface area contributed by atoms with Gasteiger partial charge in [-0.25, -0.2) is 17.5 Å². The summed E-state index contributed by atoms with van der Waals surface area (Å²) < 4.78 is 25.1. The first-order chi connectivity index (χ1) is 14.1. The summed E-state index contributed by atoms with van der Waals surface area (Å²) in [4.78, 5) is 14.6. The lowest BCUT2D eigenvalue weighted by Crippen LogP contribution is -2.43. The minimum absolute atomic E-state index is 0. The molecule has 1 atom stereocenters. The Balaban J connectivity index is 0.00000480. The maximum absolute atomic E-state index is 12.1. The molecular weight excluding hydrogens is 436 g/mol. The van der Waals surface area contributed by atoms with Crippen LogP contribution in [0.5, 0.6) is 0 Å². The van der Waals surface area contributed by atoms with Gasteiger partial charge in [0, 0.05) is 37.4 Å². The van der Waals surface area contributed by atoms with Crippen LogP contribution in [0.15, 0.2) is 24.3 Å². The molecular formula is C22H39ClN4O3S. The third-order valence-corrected chi connectivity index (χ3v) is 7.07. The molecule has 1 saturated heterocycles. The van der Waals surface area contributed by atoms with Gasteiger partial charge in [-0.05, 0) is 64.1 Å². The van der Waals surface area contributed by atoms with Gasteiger partial charge in [0.25, 0.3) is 0 Å². The van der Waals surface area contributed by atoms with Gasteiger partial charge >= 0.3 is 6.03 Å². The topological polar surface area (TPSA) is 81.8 Å². The number of sulfonamides is 1. The summed E-state index contributed by atoms with van der Waals surface area (Å²) in [7, 11) is -3.08. The van der Waals surface area contributed by atoms with E-state index in [0.717, 1.165) is 43.6 Å². The number of nitrogens with one attached hydrogen (secondary N) is 2. The van der Waals surface area contributed by atoms with Gasteiger partial charge in [0.2, 0.25) is 10.0 Å². The molecule has 1 unspecified atom stereocenters. The maximum Gasteiger partial charge on any atom is 0.319 e. The fourth-order valence-electron chi connectivity index (χ4n) is 4.06. The average molecular weight is 475 g/mol. The molecule has 0 radical (unpaired) electrons. The van der Waals surface area contributed by atoms with E-state index in [1.165, 1.54) is 6.26 Å². The van der Waals surface area contributed by atoms with E-state index in [4.69, 9.17) is 0 Å². The van der Waals surface area contributed by atoms with Gasteiger partial charge in [-0.15, -0.1) is 12.4 Å². The molecule has 0 spiro atoms. The summed E-state index contributed by atoms with van der Waals surface area (Å²) in [5.74, 6) is 0.510. The van der Waals surface area contributed by atoms with Crippen LogP contribution in [0.1, 0.15) is 46.1 Å². The van der Waals surface area contributed by atoms with Crippen molar-refractivity contribution in [2.24, 2.45) is 5.92 Å². The Morgan fingerprint density at radius 3 is 2.35 bits per heavy atom. The van der Waals surface area contributed by atoms with Crippen molar-refractivity contribution in [3.8, 4) is 0 Å². The van der Waals surface area contributed by atoms with Crippen molar-refractivity contribution in [2.75, 3.05) is 37.8 Å². The van der Waals surface area contributed by atoms with Crippen LogP contribution in [-0.4, -0.2) is 68.2 Å². The molecule has 9 heteroatoms. The second-order valence-electron chi connectivity index (χ2n) is 8.66. The molecule has 2 amide bonds. The first-order valence-corrected chi connectivity index (χ1v) is 12.8. The van der Waals surface area contributed by atoms with Gasteiger partial charge in [-0.2, -0.15) is 0 Å². The number of likely N-dealkylation sites (N-methyl/N-ethyl adjacent to an activating group) is 1. The van der Waals surface area contributed by atoms with Crippen LogP contribution in [0.2, 0.25) is 0 Å². The van der Waals surface area contributed by atoms with Crippen molar-refractivity contribution in [1.29, 1.82) is 0 Å². The van der Waals surface area contributed by atoms with Crippen LogP contribution in [0.25, 0.3) is 0 Å². The normalized spacial score (nSPS) is 16.7. The molecule has 0 saturated carbocycles. The predicted octanol–water partition coefficient (Wildman–Crippen LogP) is 3.56. The zero-order chi connectivity index (χ0) is 22.3. The van der Waals surface area contributed by atoms with Gasteiger partial charge in [0.15, 0.2) is 0 Å². The Kier molecular flexibility index (Phi) is 11.3. The van der Waals surface area contributed by atoms with E-state index in [1.807, 2.05) is 32.0 Å². The number of hydrogen-bond donors (Lipinski definition) is 2. The Morgan fingerprint density at radius 1 is 1.19 bits per heavy atom. The molecule has 1 aliphatic rings. The largest absolute Gasteiger partial charge is 0.336 e. The number of piperidine rings is 1. The Labute approximate surface area is 194 Å². The highest BCUT2D eigenvalue weighted by atomic mass is 35.5. The molecule has 2 N–H and O–H groups in total. The first kappa shape index (κ1) is 27.7. The summed E-state index contributed by atoms with van der Waals surface area (Å²) in [6.07, 6.45) is 3.95. The molecule has 0 aromatic heterocycles. The highest BCUT2D eigenvalue weighted by Gasteiger charge is 2.27. The lowest BCUT2D eigenvalue weighted by Gasteiger charge is -2.36. The van der Waals surface area contributed by atoms with Gasteiger partial charge in [0.05, 0.1) is 6.26 Å². The molecule has 1 aromatic carbocycles. The van der Waals surface area contributed by atoms with Gasteiger partial charge < -0.3 is 15.5 Å². The second kappa shape index (κ2) is 12.6. The Bertz CT molecular complexity index is 796. The Hall–Kier alpha value is -1.35. The number of anilines is 1. The fraction of sp³-hybridized carbons (Fsp3) is 0.682. The number of carbonyl (C=O) groups is 1. The highest BCUT2D eigenvalue weighted by molar-refractivity contribution is 7.88. The summed E-state index contributed by atoms with van der Waals surface area (Å²) in [6.45, 7) is 11.4. The predicted molar refractivity (Wildman–Crippen MR) is 131 cm³/mol. The smallest absolute Gasteiger partial charge is 0.319 e. The van der Waals surface area contributed by atoms with E-state index in [1.54, 1.807) is 4.31 Å². The van der Waals surface area contributed by atoms with Crippen LogP contribution in [-0.2, 0) is 16.4 Å². The third-order valence-electron chi connectivity index (χ3n) is 5.77. The van der Waals surface area contributed by atoms with E-state index < -0.39 is 10.0 Å². The van der Waals surface area contributed by atoms with E-state index in [9.17, 15) is 13.2 Å². The van der Waals surface area contributed by atoms with Crippen molar-refractivity contribution in [3.05, 3.63) is 29.8 Å². The molecule has 1 heterocycles. The van der Waals surface area contributed by atoms with Crippen molar-refractivity contribution >= 4 is 34.1 Å². The number of nitrogens with zero attached hydrogens (tertiary/aromatic N) is 2. The van der Waals surface area contributed by atoms with Crippen molar-refractivity contribution in [1.82, 2.24) is 14.5 Å². The SMILES string of the molecule is CCN(CC1CCN(S(C)(=O)=O)CC1)C(C)Cc1ccccc1NC(=O)NC(C)C.Cl. The molecule has 1 aromatic rings. The molecule has 1 aliphatic heterocycles. The van der Waals surface area contributed by atoms with Gasteiger partial charge in [-0.3, -0.25) is 0 Å². The molecule has 2 rings (SSSR count). The van der Waals surface area contributed by atoms with Gasteiger partial charge in [0.1, 0.15) is 0 Å². The second-order valence-corrected chi connectivity index (χ2v) is 10.6. The summed E-state index contributed by atoms with van der Waals surface area (Å²) in [5.41, 5.74) is 1.97. The first-order valence-electron chi connectivity index (χ1n) is 10.9. The van der Waals surface area contributed by atoms with E-state index in [-0.39, 0.29) is 24.5 Å². The average Bonchev–Trinajstić information content (AvgIpc) is 2.66. The minimum atomic E-state index is -3.08. The van der Waals surface area contributed by atoms with Crippen LogP contribution < -0.4 is 10.6 Å². The summed E-state index contributed by atoms with van der Waals surface area (Å²) in [6, 6.07) is 8.17. The molecule has 31 heavy (non-hydrogen) atoms. The number of hydrogen-bond acceptors (Lipinski definition) is 4. The fourth-order valence-corrected chi connectivity index (χ4v) is 4.94.